The van der Waals surface area contributed by atoms with Crippen LogP contribution >= 0.6 is 0 Å². The summed E-state index contributed by atoms with van der Waals surface area (Å²) >= 11 is 0. The summed E-state index contributed by atoms with van der Waals surface area (Å²) in [5.41, 5.74) is 0. The van der Waals surface area contributed by atoms with E-state index >= 15 is 0 Å². The highest BCUT2D eigenvalue weighted by Crippen LogP contribution is 2.16. The van der Waals surface area contributed by atoms with Gasteiger partial charge in [-0.05, 0) is 116 Å². The van der Waals surface area contributed by atoms with E-state index in [4.69, 9.17) is 14.2 Å². The number of unbranched alkanes of at least 4 members (excludes halogenated alkanes) is 23. The summed E-state index contributed by atoms with van der Waals surface area (Å²) in [4.78, 5) is 38.3. The zero-order valence-electron chi connectivity index (χ0n) is 53.7. The van der Waals surface area contributed by atoms with Crippen LogP contribution < -0.4 is 0 Å². The van der Waals surface area contributed by atoms with Crippen molar-refractivity contribution in [2.75, 3.05) is 13.2 Å². The van der Waals surface area contributed by atoms with Crippen molar-refractivity contribution in [3.63, 3.8) is 0 Å². The van der Waals surface area contributed by atoms with Crippen LogP contribution in [0.2, 0.25) is 0 Å². The molecule has 6 heteroatoms. The highest BCUT2D eigenvalue weighted by atomic mass is 16.6. The fourth-order valence-corrected chi connectivity index (χ4v) is 9.04. The Balaban J connectivity index is 4.42. The SMILES string of the molecule is CC/C=C\C/C=C\C/C=C\C/C=C\C/C=C\C/C=C\C/C=C\C/C=C\C/C=C\CCCCCC(=O)OCC(COC(=O)CC/C=C\C/C=C\C/C=C\C/C=C\CC)OC(=O)CCCCCCCCCCCCCCCCCCCCCCC. The van der Waals surface area contributed by atoms with Gasteiger partial charge in [0.2, 0.25) is 0 Å². The number of esters is 3. The van der Waals surface area contributed by atoms with Gasteiger partial charge in [-0.15, -0.1) is 0 Å². The van der Waals surface area contributed by atoms with Crippen molar-refractivity contribution < 1.29 is 28.6 Å². The summed E-state index contributed by atoms with van der Waals surface area (Å²) in [7, 11) is 0. The maximum absolute atomic E-state index is 12.9. The molecule has 83 heavy (non-hydrogen) atoms. The number of hydrogen-bond acceptors (Lipinski definition) is 6. The van der Waals surface area contributed by atoms with Gasteiger partial charge in [0.25, 0.3) is 0 Å². The predicted octanol–water partition coefficient (Wildman–Crippen LogP) is 23.7. The molecule has 0 fully saturated rings. The average Bonchev–Trinajstić information content (AvgIpc) is 3.49. The molecular weight excluding hydrogens is 1020 g/mol. The van der Waals surface area contributed by atoms with Crippen LogP contribution in [0.1, 0.15) is 290 Å². The van der Waals surface area contributed by atoms with Crippen molar-refractivity contribution in [2.45, 2.75) is 297 Å². The summed E-state index contributed by atoms with van der Waals surface area (Å²) < 4.78 is 16.8. The van der Waals surface area contributed by atoms with Gasteiger partial charge in [-0.2, -0.15) is 0 Å². The highest BCUT2D eigenvalue weighted by molar-refractivity contribution is 5.71. The van der Waals surface area contributed by atoms with E-state index in [0.29, 0.717) is 19.3 Å². The topological polar surface area (TPSA) is 78.9 Å². The molecule has 0 N–H and O–H groups in total. The van der Waals surface area contributed by atoms with Gasteiger partial charge in [-0.25, -0.2) is 0 Å². The largest absolute Gasteiger partial charge is 0.462 e. The average molecular weight is 1150 g/mol. The standard InChI is InChI=1S/C77H124O6/c1-4-7-10-13-16-19-22-25-27-29-31-33-34-35-36-37-38-39-40-41-42-44-45-47-49-52-55-58-61-64-67-70-76(79)82-73-74(72-81-75(78)69-66-63-60-57-54-51-24-21-18-15-12-9-6-3)83-77(80)71-68-65-62-59-56-53-50-48-46-43-32-30-28-26-23-20-17-14-11-8-5-2/h7,9-10,12,16,18-19,21,25,27,31,33,35-36,38-39,41-42,45,47,51-52,54-55,60,63,74H,4-6,8,11,13-15,17,20,22-24,26,28-30,32,34,37,40,43-44,46,48-50,53,56-59,61-62,64-73H2,1-3H3/b10-7-,12-9-,19-16-,21-18-,27-25-,33-31-,36-35-,39-38-,42-41-,47-45-,54-51-,55-52-,63-60-. The van der Waals surface area contributed by atoms with Crippen LogP contribution in [0.5, 0.6) is 0 Å². The van der Waals surface area contributed by atoms with Crippen LogP contribution in [0.15, 0.2) is 158 Å². The molecule has 0 spiro atoms. The highest BCUT2D eigenvalue weighted by Gasteiger charge is 2.19. The van der Waals surface area contributed by atoms with E-state index in [1.54, 1.807) is 0 Å². The number of ether oxygens (including phenoxy) is 3. The van der Waals surface area contributed by atoms with E-state index in [9.17, 15) is 14.4 Å². The summed E-state index contributed by atoms with van der Waals surface area (Å²) in [6.45, 7) is 6.33. The van der Waals surface area contributed by atoms with E-state index in [2.05, 4.69) is 173 Å². The van der Waals surface area contributed by atoms with Gasteiger partial charge < -0.3 is 14.2 Å². The van der Waals surface area contributed by atoms with Crippen molar-refractivity contribution >= 4 is 17.9 Å². The molecule has 0 heterocycles. The number of carbonyl (C=O) groups is 3. The summed E-state index contributed by atoms with van der Waals surface area (Å²) in [5.74, 6) is -1.03. The van der Waals surface area contributed by atoms with E-state index in [0.717, 1.165) is 128 Å². The number of carbonyl (C=O) groups excluding carboxylic acids is 3. The quantitative estimate of drug-likeness (QED) is 0.0261. The van der Waals surface area contributed by atoms with E-state index in [-0.39, 0.29) is 37.5 Å². The third kappa shape index (κ3) is 67.7. The molecule has 1 atom stereocenters. The lowest BCUT2D eigenvalue weighted by molar-refractivity contribution is -0.166. The first-order chi connectivity index (χ1) is 41.0. The molecule has 0 aromatic heterocycles. The summed E-state index contributed by atoms with van der Waals surface area (Å²) in [6, 6.07) is 0. The molecule has 468 valence electrons. The lowest BCUT2D eigenvalue weighted by Crippen LogP contribution is -2.30. The van der Waals surface area contributed by atoms with Gasteiger partial charge in [-0.3, -0.25) is 14.4 Å². The minimum atomic E-state index is -0.828. The Labute approximate surface area is 511 Å². The molecule has 1 unspecified atom stereocenters. The molecular formula is C77H124O6. The van der Waals surface area contributed by atoms with Crippen molar-refractivity contribution in [3.8, 4) is 0 Å². The van der Waals surface area contributed by atoms with Crippen LogP contribution in [0.3, 0.4) is 0 Å². The molecule has 0 rings (SSSR count). The molecule has 6 nitrogen and oxygen atoms in total. The minimum absolute atomic E-state index is 0.121. The van der Waals surface area contributed by atoms with Gasteiger partial charge in [0.05, 0.1) is 0 Å². The van der Waals surface area contributed by atoms with Crippen LogP contribution in [-0.2, 0) is 28.6 Å². The Morgan fingerprint density at radius 3 is 0.807 bits per heavy atom. The first-order valence-corrected chi connectivity index (χ1v) is 34.0. The van der Waals surface area contributed by atoms with Crippen LogP contribution in [-0.4, -0.2) is 37.2 Å². The third-order valence-corrected chi connectivity index (χ3v) is 14.0. The molecule has 0 aliphatic rings. The first-order valence-electron chi connectivity index (χ1n) is 34.0. The number of hydrogen-bond donors (Lipinski definition) is 0. The van der Waals surface area contributed by atoms with Crippen LogP contribution in [0, 0.1) is 0 Å². The molecule has 0 aromatic rings. The Kier molecular flexibility index (Phi) is 65.4. The monoisotopic (exact) mass is 1140 g/mol. The molecule has 0 aliphatic heterocycles. The van der Waals surface area contributed by atoms with Gasteiger partial charge >= 0.3 is 17.9 Å². The molecule has 0 radical (unpaired) electrons. The second-order valence-electron chi connectivity index (χ2n) is 22.0. The van der Waals surface area contributed by atoms with Crippen LogP contribution in [0.25, 0.3) is 0 Å². The van der Waals surface area contributed by atoms with E-state index in [1.807, 2.05) is 6.08 Å². The predicted molar refractivity (Wildman–Crippen MR) is 362 cm³/mol. The first kappa shape index (κ1) is 78.0. The summed E-state index contributed by atoms with van der Waals surface area (Å²) in [6.07, 6.45) is 101. The van der Waals surface area contributed by atoms with Crippen molar-refractivity contribution in [1.82, 2.24) is 0 Å². The fourth-order valence-electron chi connectivity index (χ4n) is 9.04. The second-order valence-corrected chi connectivity index (χ2v) is 22.0. The zero-order valence-corrected chi connectivity index (χ0v) is 53.7. The van der Waals surface area contributed by atoms with Gasteiger partial charge in [0.1, 0.15) is 13.2 Å². The second kappa shape index (κ2) is 69.5. The lowest BCUT2D eigenvalue weighted by atomic mass is 10.0. The molecule has 0 saturated heterocycles. The molecule has 0 saturated carbocycles. The van der Waals surface area contributed by atoms with Crippen molar-refractivity contribution in [1.29, 1.82) is 0 Å². The van der Waals surface area contributed by atoms with E-state index < -0.39 is 6.10 Å². The maximum atomic E-state index is 12.9. The van der Waals surface area contributed by atoms with Gasteiger partial charge in [0.15, 0.2) is 6.10 Å². The molecule has 0 aliphatic carbocycles. The minimum Gasteiger partial charge on any atom is -0.462 e. The zero-order chi connectivity index (χ0) is 59.9. The van der Waals surface area contributed by atoms with Crippen molar-refractivity contribution in [2.24, 2.45) is 0 Å². The number of allylic oxidation sites excluding steroid dienone is 26. The Bertz CT molecular complexity index is 1840. The van der Waals surface area contributed by atoms with Crippen LogP contribution in [0.4, 0.5) is 0 Å². The van der Waals surface area contributed by atoms with Crippen molar-refractivity contribution in [3.05, 3.63) is 158 Å². The third-order valence-electron chi connectivity index (χ3n) is 14.0. The molecule has 0 amide bonds. The Morgan fingerprint density at radius 2 is 0.494 bits per heavy atom. The fraction of sp³-hybridized carbons (Fsp3) is 0.623. The Morgan fingerprint density at radius 1 is 0.253 bits per heavy atom. The Hall–Kier alpha value is -4.97. The van der Waals surface area contributed by atoms with Gasteiger partial charge in [0, 0.05) is 19.3 Å². The smallest absolute Gasteiger partial charge is 0.306 e. The lowest BCUT2D eigenvalue weighted by Gasteiger charge is -2.18. The van der Waals surface area contributed by atoms with E-state index in [1.165, 1.54) is 116 Å². The molecule has 0 bridgehead atoms. The maximum Gasteiger partial charge on any atom is 0.306 e. The molecule has 0 aromatic carbocycles. The normalized spacial score (nSPS) is 13.1. The van der Waals surface area contributed by atoms with Gasteiger partial charge in [-0.1, -0.05) is 314 Å². The number of rotatable bonds is 60. The summed E-state index contributed by atoms with van der Waals surface area (Å²) in [5, 5.41) is 0.